The van der Waals surface area contributed by atoms with E-state index in [1.807, 2.05) is 0 Å². The van der Waals surface area contributed by atoms with E-state index in [0.717, 1.165) is 18.5 Å². The second kappa shape index (κ2) is 3.97. The molecule has 3 heteroatoms. The minimum atomic E-state index is 0.721. The van der Waals surface area contributed by atoms with Crippen LogP contribution in [0.25, 0.3) is 0 Å². The van der Waals surface area contributed by atoms with Gasteiger partial charge in [-0.3, -0.25) is 4.68 Å². The van der Waals surface area contributed by atoms with E-state index in [1.54, 1.807) is 0 Å². The van der Waals surface area contributed by atoms with E-state index in [9.17, 15) is 0 Å². The van der Waals surface area contributed by atoms with Crippen molar-refractivity contribution < 1.29 is 0 Å². The molecule has 1 N–H and O–H groups in total. The van der Waals surface area contributed by atoms with Crippen molar-refractivity contribution in [3.05, 3.63) is 17.0 Å². The van der Waals surface area contributed by atoms with Gasteiger partial charge < -0.3 is 5.32 Å². The molecule has 1 fully saturated rings. The molecule has 1 saturated carbocycles. The zero-order valence-electron chi connectivity index (χ0n) is 10.2. The van der Waals surface area contributed by atoms with Crippen LogP contribution in [0.15, 0.2) is 0 Å². The fourth-order valence-corrected chi connectivity index (χ4v) is 2.70. The van der Waals surface area contributed by atoms with Gasteiger partial charge in [0.15, 0.2) is 0 Å². The molecule has 1 aliphatic rings. The second-order valence-electron chi connectivity index (χ2n) is 4.55. The summed E-state index contributed by atoms with van der Waals surface area (Å²) in [6.07, 6.45) is 2.54. The zero-order valence-corrected chi connectivity index (χ0v) is 10.2. The molecule has 0 saturated heterocycles. The number of nitrogens with one attached hydrogen (secondary N) is 1. The van der Waals surface area contributed by atoms with Crippen molar-refractivity contribution in [1.29, 1.82) is 0 Å². The van der Waals surface area contributed by atoms with Crippen molar-refractivity contribution in [2.24, 2.45) is 0 Å². The lowest BCUT2D eigenvalue weighted by Crippen LogP contribution is -2.38. The zero-order chi connectivity index (χ0) is 11.0. The van der Waals surface area contributed by atoms with E-state index in [0.29, 0.717) is 0 Å². The van der Waals surface area contributed by atoms with Crippen LogP contribution >= 0.6 is 0 Å². The Labute approximate surface area is 91.9 Å². The third-order valence-electron chi connectivity index (χ3n) is 3.69. The van der Waals surface area contributed by atoms with Gasteiger partial charge in [0.1, 0.15) is 0 Å². The van der Waals surface area contributed by atoms with Gasteiger partial charge in [0.05, 0.1) is 5.69 Å². The number of hydrogen-bond acceptors (Lipinski definition) is 2. The molecule has 0 spiro atoms. The molecule has 0 aliphatic heterocycles. The molecule has 3 nitrogen and oxygen atoms in total. The maximum absolute atomic E-state index is 4.58. The smallest absolute Gasteiger partial charge is 0.0631 e. The van der Waals surface area contributed by atoms with Gasteiger partial charge in [0, 0.05) is 18.3 Å². The third-order valence-corrected chi connectivity index (χ3v) is 3.69. The quantitative estimate of drug-likeness (QED) is 0.821. The summed E-state index contributed by atoms with van der Waals surface area (Å²) in [5, 5.41) is 7.91. The van der Waals surface area contributed by atoms with E-state index in [-0.39, 0.29) is 0 Å². The molecule has 0 bridgehead atoms. The lowest BCUT2D eigenvalue weighted by atomic mass is 9.75. The predicted octanol–water partition coefficient (Wildman–Crippen LogP) is 1.99. The molecule has 1 aliphatic carbocycles. The van der Waals surface area contributed by atoms with Crippen molar-refractivity contribution in [1.82, 2.24) is 15.1 Å². The van der Waals surface area contributed by atoms with Crippen molar-refractivity contribution in [2.75, 3.05) is 7.05 Å². The Morgan fingerprint density at radius 2 is 2.07 bits per heavy atom. The molecule has 1 heterocycles. The number of aryl methyl sites for hydroxylation is 2. The Hall–Kier alpha value is -0.830. The average molecular weight is 207 g/mol. The van der Waals surface area contributed by atoms with Crippen LogP contribution in [-0.4, -0.2) is 22.9 Å². The van der Waals surface area contributed by atoms with Crippen LogP contribution < -0.4 is 5.32 Å². The molecule has 1 aromatic rings. The van der Waals surface area contributed by atoms with Crippen LogP contribution in [0.4, 0.5) is 0 Å². The highest BCUT2D eigenvalue weighted by molar-refractivity contribution is 5.31. The molecule has 2 rings (SSSR count). The Morgan fingerprint density at radius 3 is 2.53 bits per heavy atom. The SMILES string of the molecule is CCn1nc(C)c(C2CC(NC)C2)c1C. The normalized spacial score (nSPS) is 25.3. The van der Waals surface area contributed by atoms with Crippen LogP contribution in [0.5, 0.6) is 0 Å². The van der Waals surface area contributed by atoms with Gasteiger partial charge in [-0.1, -0.05) is 0 Å². The van der Waals surface area contributed by atoms with Crippen molar-refractivity contribution in [3.63, 3.8) is 0 Å². The highest BCUT2D eigenvalue weighted by atomic mass is 15.3. The van der Waals surface area contributed by atoms with Gasteiger partial charge in [0.25, 0.3) is 0 Å². The van der Waals surface area contributed by atoms with E-state index in [2.05, 4.69) is 42.9 Å². The van der Waals surface area contributed by atoms with E-state index >= 15 is 0 Å². The highest BCUT2D eigenvalue weighted by Crippen LogP contribution is 2.39. The first-order valence-electron chi connectivity index (χ1n) is 5.88. The van der Waals surface area contributed by atoms with Crippen LogP contribution in [0.2, 0.25) is 0 Å². The molecule has 15 heavy (non-hydrogen) atoms. The summed E-state index contributed by atoms with van der Waals surface area (Å²) in [5.74, 6) is 0.739. The molecule has 1 aromatic heterocycles. The summed E-state index contributed by atoms with van der Waals surface area (Å²) in [4.78, 5) is 0. The van der Waals surface area contributed by atoms with Crippen molar-refractivity contribution in [3.8, 4) is 0 Å². The third kappa shape index (κ3) is 1.69. The van der Waals surface area contributed by atoms with E-state index < -0.39 is 0 Å². The topological polar surface area (TPSA) is 29.9 Å². The fourth-order valence-electron chi connectivity index (χ4n) is 2.70. The van der Waals surface area contributed by atoms with Gasteiger partial charge in [-0.15, -0.1) is 0 Å². The first kappa shape index (κ1) is 10.7. The fraction of sp³-hybridized carbons (Fsp3) is 0.750. The Morgan fingerprint density at radius 1 is 1.40 bits per heavy atom. The van der Waals surface area contributed by atoms with Crippen LogP contribution in [0.1, 0.15) is 42.6 Å². The molecule has 0 amide bonds. The molecule has 0 aromatic carbocycles. The van der Waals surface area contributed by atoms with E-state index in [4.69, 9.17) is 0 Å². The predicted molar refractivity (Wildman–Crippen MR) is 62.2 cm³/mol. The number of nitrogens with zero attached hydrogens (tertiary/aromatic N) is 2. The van der Waals surface area contributed by atoms with E-state index in [1.165, 1.54) is 29.8 Å². The summed E-state index contributed by atoms with van der Waals surface area (Å²) >= 11 is 0. The monoisotopic (exact) mass is 207 g/mol. The summed E-state index contributed by atoms with van der Waals surface area (Å²) in [6.45, 7) is 7.47. The molecule has 84 valence electrons. The second-order valence-corrected chi connectivity index (χ2v) is 4.55. The number of hydrogen-bond donors (Lipinski definition) is 1. The summed E-state index contributed by atoms with van der Waals surface area (Å²) < 4.78 is 2.12. The lowest BCUT2D eigenvalue weighted by Gasteiger charge is -2.35. The van der Waals surface area contributed by atoms with Crippen molar-refractivity contribution in [2.45, 2.75) is 52.1 Å². The van der Waals surface area contributed by atoms with Gasteiger partial charge in [-0.2, -0.15) is 5.10 Å². The summed E-state index contributed by atoms with van der Waals surface area (Å²) in [7, 11) is 2.05. The minimum absolute atomic E-state index is 0.721. The van der Waals surface area contributed by atoms with Gasteiger partial charge in [-0.25, -0.2) is 0 Å². The standard InChI is InChI=1S/C12H21N3/c1-5-15-9(3)12(8(2)14-15)10-6-11(7-10)13-4/h10-11,13H,5-7H2,1-4H3. The molecule has 0 atom stereocenters. The number of rotatable bonds is 3. The maximum Gasteiger partial charge on any atom is 0.0631 e. The van der Waals surface area contributed by atoms with Crippen LogP contribution in [0, 0.1) is 13.8 Å². The van der Waals surface area contributed by atoms with Gasteiger partial charge >= 0.3 is 0 Å². The maximum atomic E-state index is 4.58. The first-order valence-corrected chi connectivity index (χ1v) is 5.88. The Balaban J connectivity index is 2.18. The highest BCUT2D eigenvalue weighted by Gasteiger charge is 2.32. The Bertz CT molecular complexity index is 348. The summed E-state index contributed by atoms with van der Waals surface area (Å²) in [5.41, 5.74) is 4.10. The summed E-state index contributed by atoms with van der Waals surface area (Å²) in [6, 6.07) is 0.721. The molecular weight excluding hydrogens is 186 g/mol. The molecular formula is C12H21N3. The largest absolute Gasteiger partial charge is 0.317 e. The van der Waals surface area contributed by atoms with Crippen LogP contribution in [0.3, 0.4) is 0 Å². The van der Waals surface area contributed by atoms with Crippen molar-refractivity contribution >= 4 is 0 Å². The van der Waals surface area contributed by atoms with Crippen LogP contribution in [-0.2, 0) is 6.54 Å². The average Bonchev–Trinajstić information content (AvgIpc) is 2.43. The first-order chi connectivity index (χ1) is 7.17. The lowest BCUT2D eigenvalue weighted by molar-refractivity contribution is 0.305. The van der Waals surface area contributed by atoms with Gasteiger partial charge in [-0.05, 0) is 52.1 Å². The number of aromatic nitrogens is 2. The van der Waals surface area contributed by atoms with Gasteiger partial charge in [0.2, 0.25) is 0 Å². The molecule has 0 unspecified atom stereocenters. The minimum Gasteiger partial charge on any atom is -0.317 e. The molecule has 0 radical (unpaired) electrons. The Kier molecular flexibility index (Phi) is 2.83.